The van der Waals surface area contributed by atoms with Gasteiger partial charge in [0.1, 0.15) is 5.82 Å². The largest absolute Gasteiger partial charge is 0.411 e. The van der Waals surface area contributed by atoms with Crippen LogP contribution in [-0.4, -0.2) is 16.0 Å². The van der Waals surface area contributed by atoms with Crippen LogP contribution in [0.1, 0.15) is 19.3 Å². The molecule has 0 bridgehead atoms. The fourth-order valence-electron chi connectivity index (χ4n) is 1.83. The van der Waals surface area contributed by atoms with Crippen molar-refractivity contribution < 1.29 is 8.81 Å². The van der Waals surface area contributed by atoms with Gasteiger partial charge in [-0.25, -0.2) is 4.39 Å². The van der Waals surface area contributed by atoms with Crippen LogP contribution in [0.25, 0.3) is 11.5 Å². The lowest BCUT2D eigenvalue weighted by Gasteiger charge is -2.23. The number of halogens is 1. The summed E-state index contributed by atoms with van der Waals surface area (Å²) in [6, 6.07) is 6.06. The summed E-state index contributed by atoms with van der Waals surface area (Å²) >= 11 is 1.61. The Labute approximate surface area is 109 Å². The summed E-state index contributed by atoms with van der Waals surface area (Å²) in [5.41, 5.74) is 0.749. The van der Waals surface area contributed by atoms with E-state index in [1.165, 1.54) is 31.4 Å². The molecule has 0 saturated heterocycles. The lowest BCUT2D eigenvalue weighted by Crippen LogP contribution is -2.13. The van der Waals surface area contributed by atoms with Gasteiger partial charge in [-0.15, -0.1) is 10.2 Å². The molecule has 0 N–H and O–H groups in total. The van der Waals surface area contributed by atoms with E-state index in [9.17, 15) is 4.39 Å². The van der Waals surface area contributed by atoms with Gasteiger partial charge in [-0.3, -0.25) is 0 Å². The monoisotopic (exact) mass is 264 g/mol. The molecule has 0 aliphatic heterocycles. The van der Waals surface area contributed by atoms with Gasteiger partial charge in [-0.05, 0) is 43.0 Å². The zero-order valence-corrected chi connectivity index (χ0v) is 10.6. The molecule has 5 heteroatoms. The van der Waals surface area contributed by atoms with E-state index in [4.69, 9.17) is 4.42 Å². The molecule has 1 heterocycles. The summed E-state index contributed by atoms with van der Waals surface area (Å²) in [6.45, 7) is 0. The summed E-state index contributed by atoms with van der Waals surface area (Å²) in [7, 11) is 0. The highest BCUT2D eigenvalue weighted by Gasteiger charge is 2.19. The maximum absolute atomic E-state index is 12.8. The number of aromatic nitrogens is 2. The van der Waals surface area contributed by atoms with Crippen molar-refractivity contribution in [1.82, 2.24) is 10.2 Å². The number of hydrogen-bond donors (Lipinski definition) is 0. The van der Waals surface area contributed by atoms with Crippen LogP contribution in [0.4, 0.5) is 4.39 Å². The molecule has 3 nitrogen and oxygen atoms in total. The summed E-state index contributed by atoms with van der Waals surface area (Å²) in [5.74, 6) is 2.03. The molecule has 3 rings (SSSR count). The molecular weight excluding hydrogens is 251 g/mol. The smallest absolute Gasteiger partial charge is 0.276 e. The highest BCUT2D eigenvalue weighted by atomic mass is 32.2. The van der Waals surface area contributed by atoms with Crippen molar-refractivity contribution in [3.8, 4) is 11.5 Å². The Bertz CT molecular complexity index is 522. The van der Waals surface area contributed by atoms with Gasteiger partial charge in [0.2, 0.25) is 5.89 Å². The third-order valence-corrected chi connectivity index (χ3v) is 4.21. The first-order valence-electron chi connectivity index (χ1n) is 6.03. The third kappa shape index (κ3) is 2.56. The first-order valence-corrected chi connectivity index (χ1v) is 7.02. The number of benzene rings is 1. The molecule has 1 aliphatic carbocycles. The van der Waals surface area contributed by atoms with Gasteiger partial charge in [0.25, 0.3) is 5.22 Å². The molecule has 0 unspecified atom stereocenters. The van der Waals surface area contributed by atoms with E-state index in [0.717, 1.165) is 17.2 Å². The first kappa shape index (κ1) is 11.7. The van der Waals surface area contributed by atoms with Crippen LogP contribution >= 0.6 is 11.8 Å². The van der Waals surface area contributed by atoms with Gasteiger partial charge in [0.15, 0.2) is 0 Å². The predicted molar refractivity (Wildman–Crippen MR) is 67.8 cm³/mol. The second-order valence-corrected chi connectivity index (χ2v) is 5.46. The minimum absolute atomic E-state index is 0.266. The van der Waals surface area contributed by atoms with Gasteiger partial charge in [0, 0.05) is 11.3 Å². The molecule has 18 heavy (non-hydrogen) atoms. The summed E-state index contributed by atoms with van der Waals surface area (Å²) < 4.78 is 18.3. The Morgan fingerprint density at radius 1 is 1.22 bits per heavy atom. The molecule has 1 aromatic carbocycles. The van der Waals surface area contributed by atoms with Crippen molar-refractivity contribution >= 4 is 11.8 Å². The van der Waals surface area contributed by atoms with Crippen molar-refractivity contribution in [2.75, 3.05) is 5.75 Å². The van der Waals surface area contributed by atoms with Crippen molar-refractivity contribution in [1.29, 1.82) is 0 Å². The fraction of sp³-hybridized carbons (Fsp3) is 0.385. The number of nitrogens with zero attached hydrogens (tertiary/aromatic N) is 2. The quantitative estimate of drug-likeness (QED) is 0.788. The van der Waals surface area contributed by atoms with Gasteiger partial charge >= 0.3 is 0 Å². The number of hydrogen-bond acceptors (Lipinski definition) is 4. The van der Waals surface area contributed by atoms with Gasteiger partial charge < -0.3 is 4.42 Å². The van der Waals surface area contributed by atoms with E-state index < -0.39 is 0 Å². The Morgan fingerprint density at radius 2 is 2.00 bits per heavy atom. The molecule has 0 amide bonds. The molecule has 0 atom stereocenters. The van der Waals surface area contributed by atoms with E-state index in [0.29, 0.717) is 11.1 Å². The maximum Gasteiger partial charge on any atom is 0.276 e. The van der Waals surface area contributed by atoms with Crippen LogP contribution in [0.15, 0.2) is 33.9 Å². The minimum Gasteiger partial charge on any atom is -0.411 e. The SMILES string of the molecule is Fc1ccc(-c2nnc(SCC3CCC3)o2)cc1. The molecule has 0 radical (unpaired) electrons. The Hall–Kier alpha value is -1.36. The van der Waals surface area contributed by atoms with E-state index in [1.807, 2.05) is 0 Å². The molecule has 94 valence electrons. The Balaban J connectivity index is 1.66. The standard InChI is InChI=1S/C13H13FN2OS/c14-11-6-4-10(5-7-11)12-15-16-13(17-12)18-8-9-2-1-3-9/h4-7,9H,1-3,8H2. The van der Waals surface area contributed by atoms with Crippen LogP contribution < -0.4 is 0 Å². The average Bonchev–Trinajstić information content (AvgIpc) is 2.77. The Morgan fingerprint density at radius 3 is 2.67 bits per heavy atom. The van der Waals surface area contributed by atoms with Crippen LogP contribution in [0.5, 0.6) is 0 Å². The van der Waals surface area contributed by atoms with Crippen molar-refractivity contribution in [3.63, 3.8) is 0 Å². The zero-order chi connectivity index (χ0) is 12.4. The van der Waals surface area contributed by atoms with Crippen LogP contribution in [0.2, 0.25) is 0 Å². The minimum atomic E-state index is -0.266. The third-order valence-electron chi connectivity index (χ3n) is 3.16. The van der Waals surface area contributed by atoms with Crippen LogP contribution in [-0.2, 0) is 0 Å². The molecule has 1 saturated carbocycles. The molecular formula is C13H13FN2OS. The van der Waals surface area contributed by atoms with Gasteiger partial charge in [0.05, 0.1) is 0 Å². The summed E-state index contributed by atoms with van der Waals surface area (Å²) in [6.07, 6.45) is 3.97. The van der Waals surface area contributed by atoms with E-state index in [2.05, 4.69) is 10.2 Å². The average molecular weight is 264 g/mol. The van der Waals surface area contributed by atoms with Gasteiger partial charge in [-0.1, -0.05) is 18.2 Å². The second-order valence-electron chi connectivity index (χ2n) is 4.49. The summed E-state index contributed by atoms with van der Waals surface area (Å²) in [5, 5.41) is 8.57. The van der Waals surface area contributed by atoms with Crippen LogP contribution in [0, 0.1) is 11.7 Å². The summed E-state index contributed by atoms with van der Waals surface area (Å²) in [4.78, 5) is 0. The number of thioether (sulfide) groups is 1. The normalized spacial score (nSPS) is 15.6. The van der Waals surface area contributed by atoms with Crippen molar-refractivity contribution in [3.05, 3.63) is 30.1 Å². The predicted octanol–water partition coefficient (Wildman–Crippen LogP) is 3.77. The molecule has 1 fully saturated rings. The highest BCUT2D eigenvalue weighted by Crippen LogP contribution is 2.32. The molecule has 0 spiro atoms. The second kappa shape index (κ2) is 5.10. The molecule has 1 aliphatic rings. The highest BCUT2D eigenvalue weighted by molar-refractivity contribution is 7.99. The lowest BCUT2D eigenvalue weighted by atomic mass is 9.87. The number of rotatable bonds is 4. The maximum atomic E-state index is 12.8. The zero-order valence-electron chi connectivity index (χ0n) is 9.80. The fourth-order valence-corrected chi connectivity index (χ4v) is 2.77. The van der Waals surface area contributed by atoms with Crippen LogP contribution in [0.3, 0.4) is 0 Å². The first-order chi connectivity index (χ1) is 8.81. The molecule has 2 aromatic rings. The molecule has 1 aromatic heterocycles. The van der Waals surface area contributed by atoms with E-state index in [-0.39, 0.29) is 5.82 Å². The van der Waals surface area contributed by atoms with Gasteiger partial charge in [-0.2, -0.15) is 0 Å². The van der Waals surface area contributed by atoms with Crippen molar-refractivity contribution in [2.24, 2.45) is 5.92 Å². The van der Waals surface area contributed by atoms with E-state index in [1.54, 1.807) is 23.9 Å². The Kier molecular flexibility index (Phi) is 3.32. The lowest BCUT2D eigenvalue weighted by molar-refractivity contribution is 0.351. The topological polar surface area (TPSA) is 38.9 Å². The van der Waals surface area contributed by atoms with Crippen molar-refractivity contribution in [2.45, 2.75) is 24.5 Å². The van der Waals surface area contributed by atoms with E-state index >= 15 is 0 Å².